The van der Waals surface area contributed by atoms with E-state index in [1.165, 1.54) is 0 Å². The van der Waals surface area contributed by atoms with Gasteiger partial charge in [-0.1, -0.05) is 47.5 Å². The Balaban J connectivity index is 1.56. The van der Waals surface area contributed by atoms with Crippen LogP contribution in [0.5, 0.6) is 5.75 Å². The number of nitrogens with zero attached hydrogens (tertiary/aromatic N) is 1. The lowest BCUT2D eigenvalue weighted by Gasteiger charge is -2.54. The Kier molecular flexibility index (Phi) is 7.88. The number of likely N-dealkylation sites (tertiary alicyclic amines) is 1. The fraction of sp³-hybridized carbons (Fsp3) is 0.444. The Labute approximate surface area is 211 Å². The molecule has 182 valence electrons. The first-order valence-electron chi connectivity index (χ1n) is 11.7. The van der Waals surface area contributed by atoms with Crippen LogP contribution in [0.4, 0.5) is 0 Å². The fourth-order valence-corrected chi connectivity index (χ4v) is 6.11. The highest BCUT2D eigenvalue weighted by molar-refractivity contribution is 6.42. The van der Waals surface area contributed by atoms with Crippen molar-refractivity contribution in [1.29, 1.82) is 0 Å². The average Bonchev–Trinajstić information content (AvgIpc) is 2.82. The minimum absolute atomic E-state index is 0.0662. The molecule has 0 aromatic heterocycles. The summed E-state index contributed by atoms with van der Waals surface area (Å²) in [6.07, 6.45) is 3.81. The van der Waals surface area contributed by atoms with Gasteiger partial charge in [0, 0.05) is 30.5 Å². The maximum absolute atomic E-state index is 12.9. The lowest BCUT2D eigenvalue weighted by atomic mass is 9.57. The van der Waals surface area contributed by atoms with Crippen molar-refractivity contribution in [2.75, 3.05) is 26.7 Å². The number of halogens is 2. The van der Waals surface area contributed by atoms with E-state index in [1.807, 2.05) is 24.3 Å². The lowest BCUT2D eigenvalue weighted by Crippen LogP contribution is -2.61. The summed E-state index contributed by atoms with van der Waals surface area (Å²) in [4.78, 5) is 15.3. The molecule has 2 aliphatic rings. The predicted molar refractivity (Wildman–Crippen MR) is 137 cm³/mol. The lowest BCUT2D eigenvalue weighted by molar-refractivity contribution is -0.122. The Bertz CT molecular complexity index is 1050. The molecule has 34 heavy (non-hydrogen) atoms. The van der Waals surface area contributed by atoms with Gasteiger partial charge in [0.15, 0.2) is 0 Å². The molecule has 2 aromatic rings. The number of amides is 1. The molecular weight excluding hydrogens is 471 g/mol. The monoisotopic (exact) mass is 502 g/mol. The Hall–Kier alpha value is -2.05. The number of carbonyl (C=O) groups is 1. The zero-order valence-electron chi connectivity index (χ0n) is 19.5. The number of hydrogen-bond acceptors (Lipinski definition) is 4. The SMILES string of the molecule is C=CCN1CC[C@@]2(c3cccc(OC)c3)C[C@H](NC(=O)Cc3ccc(Cl)c(Cl)c3)CC(O)[C@@H]2C1. The van der Waals surface area contributed by atoms with Crippen molar-refractivity contribution in [3.8, 4) is 5.75 Å². The summed E-state index contributed by atoms with van der Waals surface area (Å²) in [5.74, 6) is 0.787. The van der Waals surface area contributed by atoms with Crippen LogP contribution in [0.25, 0.3) is 0 Å². The van der Waals surface area contributed by atoms with Crippen molar-refractivity contribution >= 4 is 29.1 Å². The number of rotatable bonds is 7. The molecular formula is C27H32Cl2N2O3. The molecule has 1 heterocycles. The van der Waals surface area contributed by atoms with Crippen LogP contribution in [-0.2, 0) is 16.6 Å². The second kappa shape index (κ2) is 10.7. The van der Waals surface area contributed by atoms with Crippen LogP contribution in [-0.4, -0.2) is 54.8 Å². The highest BCUT2D eigenvalue weighted by Crippen LogP contribution is 2.49. The molecule has 2 aromatic carbocycles. The molecule has 7 heteroatoms. The highest BCUT2D eigenvalue weighted by atomic mass is 35.5. The molecule has 0 spiro atoms. The van der Waals surface area contributed by atoms with E-state index < -0.39 is 6.10 Å². The van der Waals surface area contributed by atoms with Crippen molar-refractivity contribution in [2.24, 2.45) is 5.92 Å². The average molecular weight is 503 g/mol. The summed E-state index contributed by atoms with van der Waals surface area (Å²) in [7, 11) is 1.67. The van der Waals surface area contributed by atoms with E-state index in [0.717, 1.165) is 49.4 Å². The maximum Gasteiger partial charge on any atom is 0.224 e. The van der Waals surface area contributed by atoms with Crippen molar-refractivity contribution in [2.45, 2.75) is 43.2 Å². The zero-order chi connectivity index (χ0) is 24.3. The molecule has 1 unspecified atom stereocenters. The van der Waals surface area contributed by atoms with Gasteiger partial charge < -0.3 is 15.2 Å². The molecule has 2 fully saturated rings. The Morgan fingerprint density at radius 1 is 1.29 bits per heavy atom. The summed E-state index contributed by atoms with van der Waals surface area (Å²) in [5.41, 5.74) is 1.73. The first kappa shape index (κ1) is 25.1. The zero-order valence-corrected chi connectivity index (χ0v) is 21.0. The number of piperidine rings is 1. The normalized spacial score (nSPS) is 27.0. The van der Waals surface area contributed by atoms with Gasteiger partial charge in [0.05, 0.1) is 29.7 Å². The summed E-state index contributed by atoms with van der Waals surface area (Å²) >= 11 is 12.1. The third-order valence-electron chi connectivity index (χ3n) is 7.39. The van der Waals surface area contributed by atoms with Crippen LogP contribution in [0.3, 0.4) is 0 Å². The van der Waals surface area contributed by atoms with Gasteiger partial charge >= 0.3 is 0 Å². The van der Waals surface area contributed by atoms with Crippen LogP contribution in [0.1, 0.15) is 30.4 Å². The number of aliphatic hydroxyl groups is 1. The number of hydrogen-bond donors (Lipinski definition) is 2. The van der Waals surface area contributed by atoms with Gasteiger partial charge in [0.25, 0.3) is 0 Å². The van der Waals surface area contributed by atoms with E-state index in [2.05, 4.69) is 28.9 Å². The Morgan fingerprint density at radius 3 is 2.85 bits per heavy atom. The van der Waals surface area contributed by atoms with Gasteiger partial charge in [0.1, 0.15) is 5.75 Å². The van der Waals surface area contributed by atoms with Gasteiger partial charge in [-0.2, -0.15) is 0 Å². The number of carbonyl (C=O) groups excluding carboxylic acids is 1. The minimum Gasteiger partial charge on any atom is -0.497 e. The molecule has 4 rings (SSSR count). The van der Waals surface area contributed by atoms with Crippen LogP contribution in [0.2, 0.25) is 10.0 Å². The topological polar surface area (TPSA) is 61.8 Å². The molecule has 1 saturated carbocycles. The van der Waals surface area contributed by atoms with Crippen LogP contribution >= 0.6 is 23.2 Å². The number of fused-ring (bicyclic) bond motifs is 1. The van der Waals surface area contributed by atoms with Crippen molar-refractivity contribution < 1.29 is 14.6 Å². The van der Waals surface area contributed by atoms with Crippen molar-refractivity contribution in [1.82, 2.24) is 10.2 Å². The van der Waals surface area contributed by atoms with Crippen LogP contribution in [0, 0.1) is 5.92 Å². The molecule has 1 aliphatic carbocycles. The molecule has 1 amide bonds. The van der Waals surface area contributed by atoms with E-state index in [1.54, 1.807) is 19.2 Å². The third-order valence-corrected chi connectivity index (χ3v) is 8.12. The first-order chi connectivity index (χ1) is 16.3. The fourth-order valence-electron chi connectivity index (χ4n) is 5.79. The van der Waals surface area contributed by atoms with Gasteiger partial charge in [-0.15, -0.1) is 6.58 Å². The first-order valence-corrected chi connectivity index (χ1v) is 12.5. The Morgan fingerprint density at radius 2 is 2.12 bits per heavy atom. The molecule has 2 N–H and O–H groups in total. The number of aliphatic hydroxyl groups excluding tert-OH is 1. The molecule has 0 bridgehead atoms. The predicted octanol–water partition coefficient (Wildman–Crippen LogP) is 4.63. The summed E-state index contributed by atoms with van der Waals surface area (Å²) < 4.78 is 5.51. The quantitative estimate of drug-likeness (QED) is 0.541. The summed E-state index contributed by atoms with van der Waals surface area (Å²) in [6, 6.07) is 13.3. The van der Waals surface area contributed by atoms with Crippen molar-refractivity contribution in [3.63, 3.8) is 0 Å². The van der Waals surface area contributed by atoms with E-state index >= 15 is 0 Å². The second-order valence-electron chi connectivity index (χ2n) is 9.49. The van der Waals surface area contributed by atoms with E-state index in [4.69, 9.17) is 27.9 Å². The van der Waals surface area contributed by atoms with Gasteiger partial charge in [0.2, 0.25) is 5.91 Å². The van der Waals surface area contributed by atoms with Gasteiger partial charge in [-0.3, -0.25) is 9.69 Å². The van der Waals surface area contributed by atoms with E-state index in [9.17, 15) is 9.90 Å². The third kappa shape index (κ3) is 5.28. The molecule has 1 saturated heterocycles. The minimum atomic E-state index is -0.525. The van der Waals surface area contributed by atoms with Crippen LogP contribution in [0.15, 0.2) is 55.1 Å². The standard InChI is InChI=1S/C27H32Cl2N2O3/c1-3-10-31-11-9-27(19-5-4-6-21(14-19)34-2)16-20(15-25(32)22(27)17-31)30-26(33)13-18-7-8-23(28)24(29)12-18/h3-8,12,14,20,22,25,32H,1,9-11,13,15-17H2,2H3,(H,30,33)/t20-,22+,25?,27+/m1/s1. The second-order valence-corrected chi connectivity index (χ2v) is 10.3. The number of nitrogens with one attached hydrogen (secondary N) is 1. The maximum atomic E-state index is 12.9. The van der Waals surface area contributed by atoms with Crippen LogP contribution < -0.4 is 10.1 Å². The molecule has 1 aliphatic heterocycles. The number of methoxy groups -OCH3 is 1. The van der Waals surface area contributed by atoms with E-state index in [0.29, 0.717) is 16.5 Å². The van der Waals surface area contributed by atoms with Gasteiger partial charge in [-0.25, -0.2) is 0 Å². The largest absolute Gasteiger partial charge is 0.497 e. The van der Waals surface area contributed by atoms with E-state index in [-0.39, 0.29) is 29.7 Å². The molecule has 5 nitrogen and oxygen atoms in total. The molecule has 4 atom stereocenters. The summed E-state index contributed by atoms with van der Waals surface area (Å²) in [5, 5.41) is 15.4. The molecule has 0 radical (unpaired) electrons. The highest BCUT2D eigenvalue weighted by Gasteiger charge is 2.52. The number of benzene rings is 2. The van der Waals surface area contributed by atoms with Crippen molar-refractivity contribution in [3.05, 3.63) is 76.3 Å². The summed E-state index contributed by atoms with van der Waals surface area (Å²) in [6.45, 7) is 6.40. The van der Waals surface area contributed by atoms with Gasteiger partial charge in [-0.05, 0) is 61.2 Å². The number of ether oxygens (including phenoxy) is 1. The smallest absolute Gasteiger partial charge is 0.224 e.